The molecular weight excluding hydrogens is 400 g/mol. The van der Waals surface area contributed by atoms with Crippen molar-refractivity contribution < 1.29 is 19.1 Å². The van der Waals surface area contributed by atoms with E-state index >= 15 is 0 Å². The van der Waals surface area contributed by atoms with E-state index in [-0.39, 0.29) is 40.5 Å². The molecule has 5 aliphatic rings. The molecule has 5 rings (SSSR count). The number of carbonyl (C=O) groups excluding carboxylic acids is 3. The summed E-state index contributed by atoms with van der Waals surface area (Å²) >= 11 is 0. The molecule has 0 amide bonds. The highest BCUT2D eigenvalue weighted by atomic mass is 16.5. The summed E-state index contributed by atoms with van der Waals surface area (Å²) in [5.41, 5.74) is 0.924. The molecule has 0 N–H and O–H groups in total. The Kier molecular flexibility index (Phi) is 5.87. The lowest BCUT2D eigenvalue weighted by molar-refractivity contribution is -0.152. The lowest BCUT2D eigenvalue weighted by Gasteiger charge is -2.56. The number of fused-ring (bicyclic) bond motifs is 5. The number of ether oxygens (including phenoxy) is 1. The minimum atomic E-state index is -0.288. The summed E-state index contributed by atoms with van der Waals surface area (Å²) in [5.74, 6) is 1.91. The Balaban J connectivity index is 1.22. The highest BCUT2D eigenvalue weighted by molar-refractivity contribution is 5.96. The number of hydrogen-bond donors (Lipinski definition) is 0. The number of Topliss-reactive ketones (excluding diaryl/α,β-unsaturated/α-hetero) is 1. The molecule has 32 heavy (non-hydrogen) atoms. The summed E-state index contributed by atoms with van der Waals surface area (Å²) in [4.78, 5) is 38.4. The van der Waals surface area contributed by atoms with Crippen molar-refractivity contribution in [3.05, 3.63) is 11.6 Å². The lowest BCUT2D eigenvalue weighted by atomic mass is 9.48. The maximum Gasteiger partial charge on any atom is 0.306 e. The molecule has 0 heterocycles. The van der Waals surface area contributed by atoms with Crippen molar-refractivity contribution in [1.29, 1.82) is 0 Å². The standard InChI is InChI=1S/C28H40O4/c1-27-14-12-20(32-25(31)9-5-8-18-6-3-4-7-18)16-19(27)17-23(29)26-21-10-11-24(30)28(21,2)15-13-22(26)27/h17-18,20-22,26H,3-16H2,1-2H3/t20-,21-,22-,26-,27-,28-/m0/s1. The third-order valence-electron chi connectivity index (χ3n) is 10.4. The molecule has 0 unspecified atom stereocenters. The van der Waals surface area contributed by atoms with Crippen molar-refractivity contribution in [2.75, 3.05) is 0 Å². The maximum atomic E-state index is 13.3. The van der Waals surface area contributed by atoms with Crippen LogP contribution in [0.4, 0.5) is 0 Å². The topological polar surface area (TPSA) is 60.4 Å². The van der Waals surface area contributed by atoms with Crippen LogP contribution in [0.5, 0.6) is 0 Å². The third kappa shape index (κ3) is 3.70. The van der Waals surface area contributed by atoms with Gasteiger partial charge in [0, 0.05) is 30.6 Å². The Morgan fingerprint density at radius 3 is 2.50 bits per heavy atom. The van der Waals surface area contributed by atoms with Crippen LogP contribution < -0.4 is 0 Å². The largest absolute Gasteiger partial charge is 0.462 e. The molecule has 4 nitrogen and oxygen atoms in total. The van der Waals surface area contributed by atoms with Gasteiger partial charge in [0.2, 0.25) is 0 Å². The van der Waals surface area contributed by atoms with Crippen LogP contribution in [0.25, 0.3) is 0 Å². The third-order valence-corrected chi connectivity index (χ3v) is 10.4. The van der Waals surface area contributed by atoms with Crippen LogP contribution in [-0.2, 0) is 19.1 Å². The van der Waals surface area contributed by atoms with Gasteiger partial charge in [0.25, 0.3) is 0 Å². The van der Waals surface area contributed by atoms with E-state index < -0.39 is 0 Å². The Hall–Kier alpha value is -1.45. The summed E-state index contributed by atoms with van der Waals surface area (Å²) in [6.07, 6.45) is 15.8. The lowest BCUT2D eigenvalue weighted by Crippen LogP contribution is -2.53. The first-order valence-corrected chi connectivity index (χ1v) is 13.3. The van der Waals surface area contributed by atoms with Gasteiger partial charge in [-0.2, -0.15) is 0 Å². The van der Waals surface area contributed by atoms with E-state index in [0.29, 0.717) is 31.0 Å². The molecule has 6 atom stereocenters. The van der Waals surface area contributed by atoms with Crippen LogP contribution in [0.3, 0.4) is 0 Å². The van der Waals surface area contributed by atoms with Gasteiger partial charge in [0.1, 0.15) is 11.9 Å². The summed E-state index contributed by atoms with van der Waals surface area (Å²) in [5, 5.41) is 0. The van der Waals surface area contributed by atoms with Crippen molar-refractivity contribution in [3.8, 4) is 0 Å². The number of hydrogen-bond acceptors (Lipinski definition) is 4. The monoisotopic (exact) mass is 440 g/mol. The normalized spacial score (nSPS) is 41.6. The van der Waals surface area contributed by atoms with Gasteiger partial charge < -0.3 is 4.74 Å². The first kappa shape index (κ1) is 22.3. The van der Waals surface area contributed by atoms with E-state index in [2.05, 4.69) is 13.8 Å². The molecule has 176 valence electrons. The van der Waals surface area contributed by atoms with Crippen molar-refractivity contribution >= 4 is 17.5 Å². The van der Waals surface area contributed by atoms with Gasteiger partial charge in [-0.1, -0.05) is 45.1 Å². The molecule has 4 heteroatoms. The minimum Gasteiger partial charge on any atom is -0.462 e. The summed E-state index contributed by atoms with van der Waals surface area (Å²) in [7, 11) is 0. The van der Waals surface area contributed by atoms with Crippen LogP contribution in [0.2, 0.25) is 0 Å². The molecule has 4 saturated carbocycles. The number of carbonyl (C=O) groups is 3. The minimum absolute atomic E-state index is 0.00337. The van der Waals surface area contributed by atoms with Crippen LogP contribution >= 0.6 is 0 Å². The predicted octanol–water partition coefficient (Wildman–Crippen LogP) is 5.97. The molecule has 0 spiro atoms. The zero-order valence-corrected chi connectivity index (χ0v) is 20.0. The highest BCUT2D eigenvalue weighted by Gasteiger charge is 2.61. The van der Waals surface area contributed by atoms with Gasteiger partial charge in [-0.3, -0.25) is 14.4 Å². The second-order valence-corrected chi connectivity index (χ2v) is 12.0. The second kappa shape index (κ2) is 8.40. The molecule has 0 bridgehead atoms. The molecule has 0 aliphatic heterocycles. The average molecular weight is 441 g/mol. The molecule has 4 fully saturated rings. The Bertz CT molecular complexity index is 821. The van der Waals surface area contributed by atoms with Gasteiger partial charge in [0.05, 0.1) is 0 Å². The van der Waals surface area contributed by atoms with E-state index in [4.69, 9.17) is 4.74 Å². The van der Waals surface area contributed by atoms with Crippen molar-refractivity contribution in [2.24, 2.45) is 34.5 Å². The fraction of sp³-hybridized carbons (Fsp3) is 0.821. The van der Waals surface area contributed by atoms with Crippen molar-refractivity contribution in [3.63, 3.8) is 0 Å². The number of ketones is 2. The highest BCUT2D eigenvalue weighted by Crippen LogP contribution is 2.63. The average Bonchev–Trinajstić information content (AvgIpc) is 3.37. The van der Waals surface area contributed by atoms with E-state index in [1.807, 2.05) is 6.08 Å². The first-order chi connectivity index (χ1) is 15.3. The van der Waals surface area contributed by atoms with Crippen LogP contribution in [0.15, 0.2) is 11.6 Å². The van der Waals surface area contributed by atoms with Gasteiger partial charge in [0.15, 0.2) is 5.78 Å². The Morgan fingerprint density at radius 2 is 1.72 bits per heavy atom. The quantitative estimate of drug-likeness (QED) is 0.494. The second-order valence-electron chi connectivity index (χ2n) is 12.0. The van der Waals surface area contributed by atoms with Crippen LogP contribution in [-0.4, -0.2) is 23.6 Å². The first-order valence-electron chi connectivity index (χ1n) is 13.3. The fourth-order valence-electron chi connectivity index (χ4n) is 8.32. The predicted molar refractivity (Wildman–Crippen MR) is 123 cm³/mol. The van der Waals surface area contributed by atoms with Gasteiger partial charge >= 0.3 is 5.97 Å². The maximum absolute atomic E-state index is 13.3. The van der Waals surface area contributed by atoms with Gasteiger partial charge in [-0.05, 0) is 74.2 Å². The molecule has 0 saturated heterocycles. The number of rotatable bonds is 5. The molecule has 0 aromatic carbocycles. The molecule has 0 aromatic rings. The summed E-state index contributed by atoms with van der Waals surface area (Å²) in [6, 6.07) is 0. The van der Waals surface area contributed by atoms with Crippen LogP contribution in [0, 0.1) is 34.5 Å². The summed E-state index contributed by atoms with van der Waals surface area (Å²) in [6.45, 7) is 4.45. The zero-order chi connectivity index (χ0) is 22.5. The van der Waals surface area contributed by atoms with E-state index in [0.717, 1.165) is 50.9 Å². The van der Waals surface area contributed by atoms with E-state index in [1.54, 1.807) is 0 Å². The van der Waals surface area contributed by atoms with Gasteiger partial charge in [-0.15, -0.1) is 0 Å². The van der Waals surface area contributed by atoms with E-state index in [1.165, 1.54) is 31.3 Å². The number of esters is 1. The smallest absolute Gasteiger partial charge is 0.306 e. The van der Waals surface area contributed by atoms with Gasteiger partial charge in [-0.25, -0.2) is 0 Å². The SMILES string of the molecule is C[C@]12CC[C@H](OC(=O)CCCC3CCCC3)CC1=CC(=O)[C@@H]1[C@@H]2CC[C@]2(C)C(=O)CC[C@@H]12. The molecule has 0 radical (unpaired) electrons. The Morgan fingerprint density at radius 1 is 1.00 bits per heavy atom. The number of allylic oxidation sites excluding steroid dienone is 1. The molecule has 5 aliphatic carbocycles. The van der Waals surface area contributed by atoms with E-state index in [9.17, 15) is 14.4 Å². The van der Waals surface area contributed by atoms with Crippen molar-refractivity contribution in [2.45, 2.75) is 110 Å². The van der Waals surface area contributed by atoms with Crippen molar-refractivity contribution in [1.82, 2.24) is 0 Å². The fourth-order valence-corrected chi connectivity index (χ4v) is 8.32. The molecule has 0 aromatic heterocycles. The zero-order valence-electron chi connectivity index (χ0n) is 20.0. The summed E-state index contributed by atoms with van der Waals surface area (Å²) < 4.78 is 5.89. The molecular formula is C28H40O4. The Labute approximate surface area is 192 Å². The van der Waals surface area contributed by atoms with Crippen LogP contribution in [0.1, 0.15) is 104 Å².